The van der Waals surface area contributed by atoms with Crippen LogP contribution >= 0.6 is 11.8 Å². The van der Waals surface area contributed by atoms with Gasteiger partial charge < -0.3 is 10.6 Å². The smallest absolute Gasteiger partial charge is 0.0549 e. The van der Waals surface area contributed by atoms with Gasteiger partial charge in [0.15, 0.2) is 0 Å². The van der Waals surface area contributed by atoms with Crippen LogP contribution in [0.25, 0.3) is 0 Å². The maximum Gasteiger partial charge on any atom is 0.0549 e. The van der Waals surface area contributed by atoms with Crippen LogP contribution in [-0.2, 0) is 0 Å². The second-order valence-corrected chi connectivity index (χ2v) is 5.88. The summed E-state index contributed by atoms with van der Waals surface area (Å²) in [6.07, 6.45) is 11.3. The Hall–Kier alpha value is -0.900. The van der Waals surface area contributed by atoms with Crippen LogP contribution in [0.15, 0.2) is 18.5 Å². The second kappa shape index (κ2) is 6.88. The Kier molecular flexibility index (Phi) is 5.17. The van der Waals surface area contributed by atoms with Crippen molar-refractivity contribution >= 4 is 23.1 Å². The third-order valence-corrected chi connectivity index (χ3v) is 4.65. The predicted octanol–water partition coefficient (Wildman–Crippen LogP) is 3.60. The third-order valence-electron chi connectivity index (χ3n) is 3.48. The van der Waals surface area contributed by atoms with E-state index in [1.165, 1.54) is 25.7 Å². The molecule has 2 unspecified atom stereocenters. The Morgan fingerprint density at radius 3 is 2.83 bits per heavy atom. The van der Waals surface area contributed by atoms with E-state index < -0.39 is 0 Å². The van der Waals surface area contributed by atoms with Crippen LogP contribution in [-0.4, -0.2) is 29.1 Å². The van der Waals surface area contributed by atoms with Gasteiger partial charge in [-0.3, -0.25) is 4.98 Å². The van der Waals surface area contributed by atoms with Crippen molar-refractivity contribution in [2.45, 2.75) is 43.9 Å². The molecule has 1 aromatic rings. The number of pyridine rings is 1. The van der Waals surface area contributed by atoms with Gasteiger partial charge in [-0.1, -0.05) is 12.8 Å². The van der Waals surface area contributed by atoms with Gasteiger partial charge in [-0.25, -0.2) is 0 Å². The van der Waals surface area contributed by atoms with Gasteiger partial charge in [0.1, 0.15) is 0 Å². The summed E-state index contributed by atoms with van der Waals surface area (Å²) < 4.78 is 0. The van der Waals surface area contributed by atoms with Crippen molar-refractivity contribution in [1.82, 2.24) is 4.98 Å². The van der Waals surface area contributed by atoms with Crippen LogP contribution in [0.2, 0.25) is 0 Å². The highest BCUT2D eigenvalue weighted by Crippen LogP contribution is 2.29. The zero-order chi connectivity index (χ0) is 12.8. The Morgan fingerprint density at radius 2 is 2.06 bits per heavy atom. The van der Waals surface area contributed by atoms with E-state index in [2.05, 4.69) is 34.9 Å². The van der Waals surface area contributed by atoms with E-state index in [1.54, 1.807) is 0 Å². The fourth-order valence-corrected chi connectivity index (χ4v) is 3.51. The highest BCUT2D eigenvalue weighted by atomic mass is 32.2. The first-order valence-corrected chi connectivity index (χ1v) is 8.10. The predicted molar refractivity (Wildman–Crippen MR) is 81.6 cm³/mol. The Labute approximate surface area is 114 Å². The van der Waals surface area contributed by atoms with E-state index in [-0.39, 0.29) is 0 Å². The van der Waals surface area contributed by atoms with Crippen LogP contribution < -0.4 is 10.6 Å². The minimum absolute atomic E-state index is 0.590. The van der Waals surface area contributed by atoms with Crippen LogP contribution in [0.4, 0.5) is 11.4 Å². The molecular formula is C14H23N3S. The molecule has 1 aliphatic carbocycles. The molecule has 2 atom stereocenters. The van der Waals surface area contributed by atoms with E-state index in [9.17, 15) is 0 Å². The largest absolute Gasteiger partial charge is 0.384 e. The number of hydrogen-bond acceptors (Lipinski definition) is 4. The number of anilines is 2. The molecule has 1 aliphatic rings. The van der Waals surface area contributed by atoms with Gasteiger partial charge in [0.2, 0.25) is 0 Å². The van der Waals surface area contributed by atoms with E-state index in [4.69, 9.17) is 0 Å². The first-order valence-electron chi connectivity index (χ1n) is 6.81. The van der Waals surface area contributed by atoms with Crippen LogP contribution in [0.5, 0.6) is 0 Å². The summed E-state index contributed by atoms with van der Waals surface area (Å²) in [7, 11) is 0. The van der Waals surface area contributed by atoms with E-state index >= 15 is 0 Å². The molecule has 100 valence electrons. The first kappa shape index (κ1) is 13.5. The van der Waals surface area contributed by atoms with Crippen molar-refractivity contribution in [2.75, 3.05) is 23.4 Å². The van der Waals surface area contributed by atoms with Crippen molar-refractivity contribution in [1.29, 1.82) is 0 Å². The molecule has 1 fully saturated rings. The summed E-state index contributed by atoms with van der Waals surface area (Å²) in [6.45, 7) is 3.03. The lowest BCUT2D eigenvalue weighted by atomic mass is 9.94. The third kappa shape index (κ3) is 3.55. The van der Waals surface area contributed by atoms with Gasteiger partial charge in [0.05, 0.1) is 23.8 Å². The number of nitrogens with one attached hydrogen (secondary N) is 2. The number of nitrogens with zero attached hydrogens (tertiary/aromatic N) is 1. The highest BCUT2D eigenvalue weighted by molar-refractivity contribution is 7.99. The maximum atomic E-state index is 4.29. The lowest BCUT2D eigenvalue weighted by molar-refractivity contribution is 0.475. The normalized spacial score (nSPS) is 23.7. The van der Waals surface area contributed by atoms with Gasteiger partial charge in [-0.2, -0.15) is 11.8 Å². The molecule has 1 aromatic heterocycles. The molecule has 0 radical (unpaired) electrons. The summed E-state index contributed by atoms with van der Waals surface area (Å²) in [5, 5.41) is 7.70. The molecule has 0 amide bonds. The van der Waals surface area contributed by atoms with E-state index in [0.29, 0.717) is 6.04 Å². The van der Waals surface area contributed by atoms with Gasteiger partial charge in [-0.15, -0.1) is 0 Å². The number of hydrogen-bond donors (Lipinski definition) is 2. The molecule has 0 saturated heterocycles. The highest BCUT2D eigenvalue weighted by Gasteiger charge is 2.24. The second-order valence-electron chi connectivity index (χ2n) is 4.80. The summed E-state index contributed by atoms with van der Waals surface area (Å²) in [5.74, 6) is 0. The van der Waals surface area contributed by atoms with Crippen LogP contribution in [0.1, 0.15) is 32.6 Å². The zero-order valence-electron chi connectivity index (χ0n) is 11.3. The van der Waals surface area contributed by atoms with Crippen molar-refractivity contribution in [2.24, 2.45) is 0 Å². The molecule has 18 heavy (non-hydrogen) atoms. The summed E-state index contributed by atoms with van der Waals surface area (Å²) in [4.78, 5) is 4.29. The molecule has 2 rings (SSSR count). The average Bonchev–Trinajstić information content (AvgIpc) is 2.40. The van der Waals surface area contributed by atoms with Crippen LogP contribution in [0.3, 0.4) is 0 Å². The monoisotopic (exact) mass is 265 g/mol. The van der Waals surface area contributed by atoms with Crippen molar-refractivity contribution in [3.63, 3.8) is 0 Å². The number of aromatic nitrogens is 1. The Morgan fingerprint density at radius 1 is 1.28 bits per heavy atom. The van der Waals surface area contributed by atoms with Crippen LogP contribution in [0, 0.1) is 0 Å². The van der Waals surface area contributed by atoms with Gasteiger partial charge in [-0.05, 0) is 32.1 Å². The van der Waals surface area contributed by atoms with Gasteiger partial charge in [0, 0.05) is 17.8 Å². The lowest BCUT2D eigenvalue weighted by Gasteiger charge is -2.31. The number of thioether (sulfide) groups is 1. The molecule has 0 bridgehead atoms. The molecule has 1 heterocycles. The Bertz CT molecular complexity index is 370. The molecular weight excluding hydrogens is 242 g/mol. The Balaban J connectivity index is 2.00. The fourth-order valence-electron chi connectivity index (χ4n) is 2.58. The van der Waals surface area contributed by atoms with E-state index in [0.717, 1.165) is 23.2 Å². The topological polar surface area (TPSA) is 37.0 Å². The van der Waals surface area contributed by atoms with Gasteiger partial charge in [0.25, 0.3) is 0 Å². The lowest BCUT2D eigenvalue weighted by Crippen LogP contribution is -2.34. The average molecular weight is 265 g/mol. The fraction of sp³-hybridized carbons (Fsp3) is 0.643. The van der Waals surface area contributed by atoms with Crippen molar-refractivity contribution in [3.8, 4) is 0 Å². The molecule has 4 heteroatoms. The molecule has 0 aromatic carbocycles. The number of rotatable bonds is 5. The maximum absolute atomic E-state index is 4.29. The minimum Gasteiger partial charge on any atom is -0.384 e. The van der Waals surface area contributed by atoms with Crippen molar-refractivity contribution < 1.29 is 0 Å². The molecule has 1 saturated carbocycles. The summed E-state index contributed by atoms with van der Waals surface area (Å²) in [6, 6.07) is 2.75. The first-order chi connectivity index (χ1) is 8.83. The summed E-state index contributed by atoms with van der Waals surface area (Å²) >= 11 is 1.99. The SMILES string of the molecule is CCNc1cncc(NC2CCCCC2SC)c1. The zero-order valence-corrected chi connectivity index (χ0v) is 12.1. The summed E-state index contributed by atoms with van der Waals surface area (Å²) in [5.41, 5.74) is 2.23. The van der Waals surface area contributed by atoms with Crippen molar-refractivity contribution in [3.05, 3.63) is 18.5 Å². The molecule has 3 nitrogen and oxygen atoms in total. The molecule has 2 N–H and O–H groups in total. The quantitative estimate of drug-likeness (QED) is 0.853. The standard InChI is InChI=1S/C14H23N3S/c1-3-16-11-8-12(10-15-9-11)17-13-6-4-5-7-14(13)18-2/h8-10,13-14,16-17H,3-7H2,1-2H3. The minimum atomic E-state index is 0.590. The molecule has 0 spiro atoms. The van der Waals surface area contributed by atoms with E-state index in [1.807, 2.05) is 24.2 Å². The molecule has 0 aliphatic heterocycles. The van der Waals surface area contributed by atoms with Gasteiger partial charge >= 0.3 is 0 Å².